The molecule has 2 heteroatoms. The summed E-state index contributed by atoms with van der Waals surface area (Å²) in [5.41, 5.74) is -0.326. The molecule has 0 aromatic rings. The lowest BCUT2D eigenvalue weighted by Gasteiger charge is -2.41. The average molecular weight is 210 g/mol. The van der Waals surface area contributed by atoms with Crippen molar-refractivity contribution in [1.82, 2.24) is 0 Å². The summed E-state index contributed by atoms with van der Waals surface area (Å²) in [6.45, 7) is 5.85. The second-order valence-corrected chi connectivity index (χ2v) is 6.16. The fourth-order valence-electron chi connectivity index (χ4n) is 3.04. The van der Waals surface area contributed by atoms with Gasteiger partial charge in [0.25, 0.3) is 0 Å². The maximum atomic E-state index is 12.0. The van der Waals surface area contributed by atoms with Crippen molar-refractivity contribution in [3.05, 3.63) is 0 Å². The Morgan fingerprint density at radius 2 is 1.73 bits per heavy atom. The maximum Gasteiger partial charge on any atom is 0.309 e. The molecule has 0 aromatic heterocycles. The van der Waals surface area contributed by atoms with E-state index in [1.807, 2.05) is 20.8 Å². The molecule has 0 spiro atoms. The second-order valence-electron chi connectivity index (χ2n) is 6.16. The highest BCUT2D eigenvalue weighted by Crippen LogP contribution is 2.45. The van der Waals surface area contributed by atoms with Crippen LogP contribution in [0.3, 0.4) is 0 Å². The van der Waals surface area contributed by atoms with E-state index >= 15 is 0 Å². The van der Waals surface area contributed by atoms with Gasteiger partial charge in [0.1, 0.15) is 5.60 Å². The van der Waals surface area contributed by atoms with Crippen molar-refractivity contribution in [2.45, 2.75) is 58.5 Å². The van der Waals surface area contributed by atoms with Crippen LogP contribution in [0.1, 0.15) is 52.9 Å². The quantitative estimate of drug-likeness (QED) is 0.621. The highest BCUT2D eigenvalue weighted by molar-refractivity contribution is 5.73. The molecule has 0 amide bonds. The summed E-state index contributed by atoms with van der Waals surface area (Å²) in [4.78, 5) is 12.0. The van der Waals surface area contributed by atoms with E-state index in [2.05, 4.69) is 0 Å². The first-order chi connectivity index (χ1) is 6.96. The fraction of sp³-hybridized carbons (Fsp3) is 0.923. The zero-order chi connectivity index (χ0) is 11.1. The van der Waals surface area contributed by atoms with Gasteiger partial charge in [0.15, 0.2) is 0 Å². The molecule has 3 rings (SSSR count). The normalized spacial score (nSPS) is 35.3. The number of carbonyl (C=O) groups excluding carboxylic acids is 1. The topological polar surface area (TPSA) is 26.3 Å². The standard InChI is InChI=1S/C13H22O2/c1-13(2,3)15-12(14)11-8-9-4-6-10(11)7-5-9/h9-11H,4-8H2,1-3H3. The molecule has 1 unspecified atom stereocenters. The number of rotatable bonds is 1. The summed E-state index contributed by atoms with van der Waals surface area (Å²) < 4.78 is 5.49. The van der Waals surface area contributed by atoms with Gasteiger partial charge >= 0.3 is 5.97 Å². The molecule has 0 heterocycles. The van der Waals surface area contributed by atoms with Gasteiger partial charge < -0.3 is 4.74 Å². The smallest absolute Gasteiger partial charge is 0.309 e. The van der Waals surface area contributed by atoms with Crippen LogP contribution >= 0.6 is 0 Å². The van der Waals surface area contributed by atoms with Crippen molar-refractivity contribution in [3.8, 4) is 0 Å². The van der Waals surface area contributed by atoms with E-state index in [0.29, 0.717) is 5.92 Å². The maximum absolute atomic E-state index is 12.0. The van der Waals surface area contributed by atoms with E-state index in [-0.39, 0.29) is 17.5 Å². The fourth-order valence-corrected chi connectivity index (χ4v) is 3.04. The van der Waals surface area contributed by atoms with E-state index in [1.54, 1.807) is 0 Å². The molecule has 3 aliphatic carbocycles. The monoisotopic (exact) mass is 210 g/mol. The summed E-state index contributed by atoms with van der Waals surface area (Å²) in [5, 5.41) is 0. The molecule has 0 aliphatic heterocycles. The minimum absolute atomic E-state index is 0.0527. The first-order valence-corrected chi connectivity index (χ1v) is 6.18. The molecule has 0 radical (unpaired) electrons. The van der Waals surface area contributed by atoms with Crippen LogP contribution in [0.15, 0.2) is 0 Å². The van der Waals surface area contributed by atoms with Crippen molar-refractivity contribution >= 4 is 5.97 Å². The Morgan fingerprint density at radius 1 is 1.13 bits per heavy atom. The number of ether oxygens (including phenoxy) is 1. The van der Waals surface area contributed by atoms with Crippen LogP contribution in [0.25, 0.3) is 0 Å². The van der Waals surface area contributed by atoms with Crippen LogP contribution in [0.4, 0.5) is 0 Å². The van der Waals surface area contributed by atoms with Gasteiger partial charge in [-0.15, -0.1) is 0 Å². The van der Waals surface area contributed by atoms with Crippen molar-refractivity contribution in [2.24, 2.45) is 17.8 Å². The minimum Gasteiger partial charge on any atom is -0.460 e. The van der Waals surface area contributed by atoms with Gasteiger partial charge in [-0.1, -0.05) is 12.8 Å². The third-order valence-electron chi connectivity index (χ3n) is 3.76. The van der Waals surface area contributed by atoms with E-state index in [0.717, 1.165) is 12.3 Å². The van der Waals surface area contributed by atoms with Crippen molar-refractivity contribution in [1.29, 1.82) is 0 Å². The molecular formula is C13H22O2. The molecule has 15 heavy (non-hydrogen) atoms. The number of fused-ring (bicyclic) bond motifs is 3. The van der Waals surface area contributed by atoms with Crippen molar-refractivity contribution < 1.29 is 9.53 Å². The molecule has 2 nitrogen and oxygen atoms in total. The first-order valence-electron chi connectivity index (χ1n) is 6.18. The van der Waals surface area contributed by atoms with Gasteiger partial charge in [0.2, 0.25) is 0 Å². The molecule has 2 bridgehead atoms. The van der Waals surface area contributed by atoms with Gasteiger partial charge in [-0.25, -0.2) is 0 Å². The van der Waals surface area contributed by atoms with Gasteiger partial charge in [0.05, 0.1) is 5.92 Å². The third kappa shape index (κ3) is 2.53. The van der Waals surface area contributed by atoms with E-state index in [1.165, 1.54) is 25.7 Å². The molecule has 0 aromatic carbocycles. The zero-order valence-electron chi connectivity index (χ0n) is 10.1. The van der Waals surface area contributed by atoms with Crippen molar-refractivity contribution in [2.75, 3.05) is 0 Å². The highest BCUT2D eigenvalue weighted by Gasteiger charge is 2.41. The number of hydrogen-bond acceptors (Lipinski definition) is 2. The zero-order valence-corrected chi connectivity index (χ0v) is 10.1. The van der Waals surface area contributed by atoms with Gasteiger partial charge in [-0.2, -0.15) is 0 Å². The Bertz CT molecular complexity index is 244. The van der Waals surface area contributed by atoms with Crippen LogP contribution in [0.5, 0.6) is 0 Å². The van der Waals surface area contributed by atoms with Crippen LogP contribution in [-0.4, -0.2) is 11.6 Å². The number of hydrogen-bond donors (Lipinski definition) is 0. The summed E-state index contributed by atoms with van der Waals surface area (Å²) in [7, 11) is 0. The Kier molecular flexibility index (Phi) is 2.78. The van der Waals surface area contributed by atoms with E-state index in [9.17, 15) is 4.79 Å². The molecule has 3 fully saturated rings. The Balaban J connectivity index is 1.96. The third-order valence-corrected chi connectivity index (χ3v) is 3.76. The molecule has 3 saturated carbocycles. The average Bonchev–Trinajstić information content (AvgIpc) is 2.17. The van der Waals surface area contributed by atoms with E-state index < -0.39 is 0 Å². The molecule has 86 valence electrons. The summed E-state index contributed by atoms with van der Waals surface area (Å²) in [6.07, 6.45) is 6.25. The Hall–Kier alpha value is -0.530. The predicted molar refractivity (Wildman–Crippen MR) is 59.4 cm³/mol. The summed E-state index contributed by atoms with van der Waals surface area (Å²) in [5.74, 6) is 1.67. The van der Waals surface area contributed by atoms with Crippen LogP contribution < -0.4 is 0 Å². The molecule has 0 saturated heterocycles. The van der Waals surface area contributed by atoms with Gasteiger partial charge in [-0.05, 0) is 51.9 Å². The van der Waals surface area contributed by atoms with Crippen LogP contribution in [-0.2, 0) is 9.53 Å². The van der Waals surface area contributed by atoms with E-state index in [4.69, 9.17) is 4.74 Å². The van der Waals surface area contributed by atoms with Gasteiger partial charge in [-0.3, -0.25) is 4.79 Å². The Labute approximate surface area is 92.4 Å². The molecule has 3 aliphatic rings. The molecule has 0 N–H and O–H groups in total. The lowest BCUT2D eigenvalue weighted by Crippen LogP contribution is -2.39. The second kappa shape index (κ2) is 3.80. The van der Waals surface area contributed by atoms with Gasteiger partial charge in [0, 0.05) is 0 Å². The summed E-state index contributed by atoms with van der Waals surface area (Å²) in [6, 6.07) is 0. The van der Waals surface area contributed by atoms with Crippen LogP contribution in [0.2, 0.25) is 0 Å². The summed E-state index contributed by atoms with van der Waals surface area (Å²) >= 11 is 0. The lowest BCUT2D eigenvalue weighted by atomic mass is 9.65. The molecular weight excluding hydrogens is 188 g/mol. The van der Waals surface area contributed by atoms with Crippen molar-refractivity contribution in [3.63, 3.8) is 0 Å². The predicted octanol–water partition coefficient (Wildman–Crippen LogP) is 3.15. The number of esters is 1. The SMILES string of the molecule is CC(C)(C)OC(=O)C1CC2CCC1CC2. The Morgan fingerprint density at radius 3 is 2.13 bits per heavy atom. The minimum atomic E-state index is -0.326. The molecule has 1 atom stereocenters. The largest absolute Gasteiger partial charge is 0.460 e. The number of carbonyl (C=O) groups is 1. The highest BCUT2D eigenvalue weighted by atomic mass is 16.6. The first kappa shape index (κ1) is 11.0. The van der Waals surface area contributed by atoms with Crippen LogP contribution in [0, 0.1) is 17.8 Å². The lowest BCUT2D eigenvalue weighted by molar-refractivity contribution is -0.165.